The molecule has 21 heavy (non-hydrogen) atoms. The number of ether oxygens (including phenoxy) is 1. The third kappa shape index (κ3) is 5.40. The second-order valence-corrected chi connectivity index (χ2v) is 6.87. The fourth-order valence-corrected chi connectivity index (χ4v) is 2.83. The Labute approximate surface area is 124 Å². The van der Waals surface area contributed by atoms with E-state index in [9.17, 15) is 13.5 Å². The SMILES string of the molecule is COCC(O)CCNS(=O)(=O)c1ccc(CNC2CC2)o1. The summed E-state index contributed by atoms with van der Waals surface area (Å²) in [5.41, 5.74) is 0. The Hall–Kier alpha value is -0.930. The third-order valence-corrected chi connectivity index (χ3v) is 4.51. The summed E-state index contributed by atoms with van der Waals surface area (Å²) in [5.74, 6) is 0.599. The van der Waals surface area contributed by atoms with E-state index in [-0.39, 0.29) is 24.7 Å². The molecular formula is C13H22N2O5S. The minimum atomic E-state index is -3.67. The van der Waals surface area contributed by atoms with Crippen LogP contribution < -0.4 is 10.0 Å². The Kier molecular flexibility index (Phi) is 5.77. The van der Waals surface area contributed by atoms with Gasteiger partial charge in [0.1, 0.15) is 5.76 Å². The van der Waals surface area contributed by atoms with Gasteiger partial charge >= 0.3 is 0 Å². The molecule has 0 radical (unpaired) electrons. The van der Waals surface area contributed by atoms with Crippen molar-refractivity contribution in [2.45, 2.75) is 43.0 Å². The Morgan fingerprint density at radius 3 is 2.90 bits per heavy atom. The van der Waals surface area contributed by atoms with Crippen LogP contribution in [-0.2, 0) is 21.3 Å². The van der Waals surface area contributed by atoms with E-state index in [1.165, 1.54) is 13.2 Å². The van der Waals surface area contributed by atoms with Crippen LogP contribution in [0.2, 0.25) is 0 Å². The van der Waals surface area contributed by atoms with Crippen LogP contribution in [0.1, 0.15) is 25.0 Å². The molecule has 1 aliphatic carbocycles. The van der Waals surface area contributed by atoms with E-state index in [4.69, 9.17) is 9.15 Å². The van der Waals surface area contributed by atoms with Crippen LogP contribution in [0.3, 0.4) is 0 Å². The van der Waals surface area contributed by atoms with Crippen molar-refractivity contribution in [3.8, 4) is 0 Å². The van der Waals surface area contributed by atoms with Crippen LogP contribution in [-0.4, -0.2) is 45.9 Å². The number of hydrogen-bond donors (Lipinski definition) is 3. The second-order valence-electron chi connectivity index (χ2n) is 5.17. The third-order valence-electron chi connectivity index (χ3n) is 3.17. The number of furan rings is 1. The normalized spacial score (nSPS) is 17.0. The standard InChI is InChI=1S/C13H22N2O5S/c1-19-9-11(16)6-7-15-21(17,18)13-5-4-12(20-13)8-14-10-2-3-10/h4-5,10-11,14-16H,2-3,6-9H2,1H3. The molecule has 1 atom stereocenters. The maximum Gasteiger partial charge on any atom is 0.273 e. The summed E-state index contributed by atoms with van der Waals surface area (Å²) >= 11 is 0. The molecule has 1 aromatic heterocycles. The summed E-state index contributed by atoms with van der Waals surface area (Å²) in [7, 11) is -2.19. The van der Waals surface area contributed by atoms with Crippen molar-refractivity contribution in [2.75, 3.05) is 20.3 Å². The van der Waals surface area contributed by atoms with Crippen molar-refractivity contribution in [2.24, 2.45) is 0 Å². The van der Waals surface area contributed by atoms with Gasteiger partial charge in [-0.3, -0.25) is 0 Å². The fourth-order valence-electron chi connectivity index (χ4n) is 1.84. The lowest BCUT2D eigenvalue weighted by atomic mass is 10.3. The first kappa shape index (κ1) is 16.4. The average Bonchev–Trinajstić information content (AvgIpc) is 3.12. The van der Waals surface area contributed by atoms with Crippen LogP contribution in [0.25, 0.3) is 0 Å². The highest BCUT2D eigenvalue weighted by Gasteiger charge is 2.22. The molecule has 1 aromatic rings. The lowest BCUT2D eigenvalue weighted by molar-refractivity contribution is 0.0603. The van der Waals surface area contributed by atoms with Gasteiger partial charge in [0.05, 0.1) is 19.3 Å². The van der Waals surface area contributed by atoms with Gasteiger partial charge in [-0.25, -0.2) is 13.1 Å². The number of aliphatic hydroxyl groups excluding tert-OH is 1. The van der Waals surface area contributed by atoms with Crippen molar-refractivity contribution < 1.29 is 22.7 Å². The van der Waals surface area contributed by atoms with Crippen LogP contribution in [0, 0.1) is 0 Å². The molecule has 120 valence electrons. The van der Waals surface area contributed by atoms with Crippen molar-refractivity contribution in [1.29, 1.82) is 0 Å². The van der Waals surface area contributed by atoms with Gasteiger partial charge in [-0.2, -0.15) is 0 Å². The number of methoxy groups -OCH3 is 1. The predicted octanol–water partition coefficient (Wildman–Crippen LogP) is 0.207. The minimum Gasteiger partial charge on any atom is -0.447 e. The van der Waals surface area contributed by atoms with Crippen molar-refractivity contribution in [3.05, 3.63) is 17.9 Å². The van der Waals surface area contributed by atoms with Gasteiger partial charge in [-0.15, -0.1) is 0 Å². The van der Waals surface area contributed by atoms with E-state index < -0.39 is 16.1 Å². The average molecular weight is 318 g/mol. The van der Waals surface area contributed by atoms with E-state index >= 15 is 0 Å². The van der Waals surface area contributed by atoms with E-state index in [1.807, 2.05) is 0 Å². The molecule has 2 rings (SSSR count). The number of aliphatic hydroxyl groups is 1. The van der Waals surface area contributed by atoms with Gasteiger partial charge in [-0.05, 0) is 31.4 Å². The first-order valence-corrected chi connectivity index (χ1v) is 8.48. The van der Waals surface area contributed by atoms with Gasteiger partial charge < -0.3 is 19.6 Å². The predicted molar refractivity (Wildman–Crippen MR) is 76.3 cm³/mol. The van der Waals surface area contributed by atoms with Gasteiger partial charge in [0.2, 0.25) is 5.09 Å². The lowest BCUT2D eigenvalue weighted by Crippen LogP contribution is -2.28. The van der Waals surface area contributed by atoms with E-state index in [1.54, 1.807) is 6.07 Å². The van der Waals surface area contributed by atoms with Gasteiger partial charge in [0, 0.05) is 19.7 Å². The monoisotopic (exact) mass is 318 g/mol. The summed E-state index contributed by atoms with van der Waals surface area (Å²) in [6, 6.07) is 3.64. The molecule has 0 saturated heterocycles. The molecule has 3 N–H and O–H groups in total. The Morgan fingerprint density at radius 1 is 1.48 bits per heavy atom. The summed E-state index contributed by atoms with van der Waals surface area (Å²) in [4.78, 5) is 0. The van der Waals surface area contributed by atoms with Crippen LogP contribution in [0.15, 0.2) is 21.6 Å². The summed E-state index contributed by atoms with van der Waals surface area (Å²) in [6.45, 7) is 0.843. The Morgan fingerprint density at radius 2 is 2.24 bits per heavy atom. The Bertz CT molecular complexity index is 539. The summed E-state index contributed by atoms with van der Waals surface area (Å²) in [5, 5.41) is 12.6. The zero-order valence-electron chi connectivity index (χ0n) is 12.0. The number of hydrogen-bond acceptors (Lipinski definition) is 6. The molecule has 0 amide bonds. The molecule has 1 heterocycles. The molecule has 0 aliphatic heterocycles. The van der Waals surface area contributed by atoms with E-state index in [0.29, 0.717) is 18.3 Å². The van der Waals surface area contributed by atoms with Crippen LogP contribution in [0.4, 0.5) is 0 Å². The summed E-state index contributed by atoms with van der Waals surface area (Å²) in [6.07, 6.45) is 1.92. The van der Waals surface area contributed by atoms with Crippen molar-refractivity contribution in [3.63, 3.8) is 0 Å². The quantitative estimate of drug-likeness (QED) is 0.570. The van der Waals surface area contributed by atoms with Crippen LogP contribution >= 0.6 is 0 Å². The smallest absolute Gasteiger partial charge is 0.273 e. The van der Waals surface area contributed by atoms with Gasteiger partial charge in [0.25, 0.3) is 10.0 Å². The van der Waals surface area contributed by atoms with E-state index in [0.717, 1.165) is 12.8 Å². The highest BCUT2D eigenvalue weighted by atomic mass is 32.2. The zero-order valence-corrected chi connectivity index (χ0v) is 12.9. The molecule has 0 aromatic carbocycles. The maximum atomic E-state index is 12.0. The first-order chi connectivity index (χ1) is 10.0. The zero-order chi connectivity index (χ0) is 15.3. The molecule has 1 fully saturated rings. The Balaban J connectivity index is 1.80. The molecular weight excluding hydrogens is 296 g/mol. The minimum absolute atomic E-state index is 0.101. The number of nitrogens with one attached hydrogen (secondary N) is 2. The van der Waals surface area contributed by atoms with Gasteiger partial charge in [0.15, 0.2) is 0 Å². The molecule has 0 spiro atoms. The number of rotatable bonds is 10. The van der Waals surface area contributed by atoms with Crippen molar-refractivity contribution in [1.82, 2.24) is 10.0 Å². The van der Waals surface area contributed by atoms with E-state index in [2.05, 4.69) is 10.0 Å². The fraction of sp³-hybridized carbons (Fsp3) is 0.692. The molecule has 0 bridgehead atoms. The van der Waals surface area contributed by atoms with Crippen molar-refractivity contribution >= 4 is 10.0 Å². The lowest BCUT2D eigenvalue weighted by Gasteiger charge is -2.09. The van der Waals surface area contributed by atoms with Gasteiger partial charge in [-0.1, -0.05) is 0 Å². The topological polar surface area (TPSA) is 101 Å². The highest BCUT2D eigenvalue weighted by Crippen LogP contribution is 2.20. The van der Waals surface area contributed by atoms with Crippen LogP contribution in [0.5, 0.6) is 0 Å². The highest BCUT2D eigenvalue weighted by molar-refractivity contribution is 7.89. The number of sulfonamides is 1. The first-order valence-electron chi connectivity index (χ1n) is 7.00. The molecule has 1 aliphatic rings. The molecule has 1 unspecified atom stereocenters. The largest absolute Gasteiger partial charge is 0.447 e. The molecule has 1 saturated carbocycles. The maximum absolute atomic E-state index is 12.0. The summed E-state index contributed by atoms with van der Waals surface area (Å²) < 4.78 is 36.5. The molecule has 7 nitrogen and oxygen atoms in total. The molecule has 8 heteroatoms. The second kappa shape index (κ2) is 7.37.